The van der Waals surface area contributed by atoms with Gasteiger partial charge in [0.2, 0.25) is 0 Å². The van der Waals surface area contributed by atoms with E-state index in [1.54, 1.807) is 0 Å². The zero-order chi connectivity index (χ0) is 12.3. The molecule has 1 atom stereocenters. The fraction of sp³-hybridized carbons (Fsp3) is 0.714. The summed E-state index contributed by atoms with van der Waals surface area (Å²) in [5, 5.41) is 3.52. The van der Waals surface area contributed by atoms with Crippen LogP contribution in [0.2, 0.25) is 0 Å². The van der Waals surface area contributed by atoms with E-state index in [1.807, 2.05) is 11.3 Å². The predicted molar refractivity (Wildman–Crippen MR) is 75.8 cm³/mol. The van der Waals surface area contributed by atoms with Crippen molar-refractivity contribution in [3.05, 3.63) is 21.4 Å². The largest absolute Gasteiger partial charge is 0.315 e. The molecule has 1 aliphatic heterocycles. The molecule has 1 saturated heterocycles. The molecule has 1 aromatic heterocycles. The van der Waals surface area contributed by atoms with E-state index >= 15 is 0 Å². The van der Waals surface area contributed by atoms with Crippen molar-refractivity contribution in [2.45, 2.75) is 46.2 Å². The Morgan fingerprint density at radius 2 is 2.29 bits per heavy atom. The Hall–Kier alpha value is -0.380. The van der Waals surface area contributed by atoms with E-state index in [0.717, 1.165) is 25.7 Å². The average Bonchev–Trinajstić information content (AvgIpc) is 2.66. The first kappa shape index (κ1) is 13.1. The maximum absolute atomic E-state index is 3.52. The first-order valence-corrected chi connectivity index (χ1v) is 7.53. The molecule has 0 spiro atoms. The molecule has 0 radical (unpaired) electrons. The number of aryl methyl sites for hydroxylation is 2. The second kappa shape index (κ2) is 5.98. The molecule has 0 bridgehead atoms. The molecule has 3 heteroatoms. The number of nitrogens with zero attached hydrogens (tertiary/aromatic N) is 1. The third kappa shape index (κ3) is 3.30. The van der Waals surface area contributed by atoms with Crippen LogP contribution < -0.4 is 5.32 Å². The lowest BCUT2D eigenvalue weighted by Crippen LogP contribution is -2.45. The average molecular weight is 252 g/mol. The van der Waals surface area contributed by atoms with Crippen molar-refractivity contribution >= 4 is 11.3 Å². The highest BCUT2D eigenvalue weighted by molar-refractivity contribution is 7.12. The summed E-state index contributed by atoms with van der Waals surface area (Å²) in [6, 6.07) is 3.09. The fourth-order valence-electron chi connectivity index (χ4n) is 2.70. The van der Waals surface area contributed by atoms with Crippen LogP contribution in [0.3, 0.4) is 0 Å². The lowest BCUT2D eigenvalue weighted by molar-refractivity contribution is 0.166. The van der Waals surface area contributed by atoms with Gasteiger partial charge in [-0.3, -0.25) is 4.90 Å². The minimum atomic E-state index is 0.730. The fourth-order valence-corrected chi connectivity index (χ4v) is 3.64. The van der Waals surface area contributed by atoms with Gasteiger partial charge in [-0.25, -0.2) is 0 Å². The number of nitrogens with one attached hydrogen (secondary N) is 1. The van der Waals surface area contributed by atoms with E-state index in [0.29, 0.717) is 0 Å². The number of hydrogen-bond acceptors (Lipinski definition) is 3. The first-order chi connectivity index (χ1) is 8.20. The van der Waals surface area contributed by atoms with Crippen LogP contribution in [0.4, 0.5) is 0 Å². The van der Waals surface area contributed by atoms with Crippen molar-refractivity contribution in [3.8, 4) is 0 Å². The normalized spacial score (nSPS) is 21.1. The Morgan fingerprint density at radius 1 is 1.47 bits per heavy atom. The van der Waals surface area contributed by atoms with Gasteiger partial charge in [0.1, 0.15) is 0 Å². The van der Waals surface area contributed by atoms with Crippen LogP contribution in [0.1, 0.15) is 35.1 Å². The summed E-state index contributed by atoms with van der Waals surface area (Å²) < 4.78 is 0. The summed E-state index contributed by atoms with van der Waals surface area (Å²) in [5.74, 6) is 0. The quantitative estimate of drug-likeness (QED) is 0.886. The number of thiophene rings is 1. The Balaban J connectivity index is 2.01. The van der Waals surface area contributed by atoms with Gasteiger partial charge in [0.15, 0.2) is 0 Å². The van der Waals surface area contributed by atoms with Gasteiger partial charge in [0.25, 0.3) is 0 Å². The second-order valence-electron chi connectivity index (χ2n) is 5.00. The molecule has 0 aromatic carbocycles. The van der Waals surface area contributed by atoms with Gasteiger partial charge in [-0.1, -0.05) is 6.92 Å². The van der Waals surface area contributed by atoms with Crippen LogP contribution in [0, 0.1) is 13.8 Å². The molecule has 0 saturated carbocycles. The van der Waals surface area contributed by atoms with Gasteiger partial charge in [0.05, 0.1) is 0 Å². The van der Waals surface area contributed by atoms with E-state index in [2.05, 4.69) is 37.1 Å². The van der Waals surface area contributed by atoms with Crippen molar-refractivity contribution in [2.75, 3.05) is 19.6 Å². The van der Waals surface area contributed by atoms with Crippen molar-refractivity contribution in [2.24, 2.45) is 0 Å². The summed E-state index contributed by atoms with van der Waals surface area (Å²) in [7, 11) is 0. The predicted octanol–water partition coefficient (Wildman–Crippen LogP) is 2.94. The topological polar surface area (TPSA) is 15.3 Å². The van der Waals surface area contributed by atoms with Crippen LogP contribution in [-0.2, 0) is 6.54 Å². The summed E-state index contributed by atoms with van der Waals surface area (Å²) >= 11 is 1.93. The van der Waals surface area contributed by atoms with Crippen LogP contribution >= 0.6 is 11.3 Å². The molecule has 1 fully saturated rings. The minimum absolute atomic E-state index is 0.730. The Morgan fingerprint density at radius 3 is 2.82 bits per heavy atom. The molecule has 2 heterocycles. The number of hydrogen-bond donors (Lipinski definition) is 1. The van der Waals surface area contributed by atoms with Gasteiger partial charge in [0, 0.05) is 28.9 Å². The van der Waals surface area contributed by atoms with Crippen molar-refractivity contribution in [3.63, 3.8) is 0 Å². The number of likely N-dealkylation sites (N-methyl/N-ethyl adjacent to an activating group) is 1. The maximum atomic E-state index is 3.52. The Bertz CT molecular complexity index is 353. The summed E-state index contributed by atoms with van der Waals surface area (Å²) in [5.41, 5.74) is 1.53. The Labute approximate surface area is 109 Å². The lowest BCUT2D eigenvalue weighted by Gasteiger charge is -2.33. The monoisotopic (exact) mass is 252 g/mol. The third-order valence-corrected chi connectivity index (χ3v) is 4.72. The molecule has 1 aliphatic rings. The summed E-state index contributed by atoms with van der Waals surface area (Å²) in [4.78, 5) is 5.56. The van der Waals surface area contributed by atoms with Gasteiger partial charge in [-0.2, -0.15) is 0 Å². The van der Waals surface area contributed by atoms with Crippen molar-refractivity contribution in [1.82, 2.24) is 10.2 Å². The van der Waals surface area contributed by atoms with Crippen LogP contribution in [0.25, 0.3) is 0 Å². The van der Waals surface area contributed by atoms with E-state index in [1.165, 1.54) is 34.7 Å². The highest BCUT2D eigenvalue weighted by Gasteiger charge is 2.20. The lowest BCUT2D eigenvalue weighted by atomic mass is 10.0. The molecular formula is C14H24N2S. The Kier molecular flexibility index (Phi) is 4.60. The molecule has 0 amide bonds. The second-order valence-corrected chi connectivity index (χ2v) is 6.46. The molecule has 1 N–H and O–H groups in total. The van der Waals surface area contributed by atoms with Gasteiger partial charge >= 0.3 is 0 Å². The standard InChI is InChI=1S/C14H24N2S/c1-4-16(14-6-5-7-15-9-14)10-13-8-11(2)17-12(13)3/h8,14-15H,4-7,9-10H2,1-3H3. The van der Waals surface area contributed by atoms with Gasteiger partial charge < -0.3 is 5.32 Å². The molecule has 0 aliphatic carbocycles. The van der Waals surface area contributed by atoms with Crippen LogP contribution in [0.15, 0.2) is 6.07 Å². The molecule has 1 aromatic rings. The summed E-state index contributed by atoms with van der Waals surface area (Å²) in [6.45, 7) is 11.4. The van der Waals surface area contributed by atoms with Crippen LogP contribution in [-0.4, -0.2) is 30.6 Å². The van der Waals surface area contributed by atoms with Crippen LogP contribution in [0.5, 0.6) is 0 Å². The molecule has 1 unspecified atom stereocenters. The zero-order valence-electron chi connectivity index (χ0n) is 11.3. The highest BCUT2D eigenvalue weighted by atomic mass is 32.1. The van der Waals surface area contributed by atoms with Crippen molar-refractivity contribution < 1.29 is 0 Å². The molecule has 96 valence electrons. The van der Waals surface area contributed by atoms with E-state index in [-0.39, 0.29) is 0 Å². The smallest absolute Gasteiger partial charge is 0.0248 e. The van der Waals surface area contributed by atoms with Gasteiger partial charge in [-0.05, 0) is 51.4 Å². The van der Waals surface area contributed by atoms with E-state index in [4.69, 9.17) is 0 Å². The number of piperidine rings is 1. The van der Waals surface area contributed by atoms with Gasteiger partial charge in [-0.15, -0.1) is 11.3 Å². The molecular weight excluding hydrogens is 228 g/mol. The molecule has 2 rings (SSSR count). The number of rotatable bonds is 4. The SMILES string of the molecule is CCN(Cc1cc(C)sc1C)C1CCCNC1. The maximum Gasteiger partial charge on any atom is 0.0248 e. The van der Waals surface area contributed by atoms with Crippen molar-refractivity contribution in [1.29, 1.82) is 0 Å². The zero-order valence-corrected chi connectivity index (χ0v) is 12.1. The van der Waals surface area contributed by atoms with E-state index < -0.39 is 0 Å². The van der Waals surface area contributed by atoms with E-state index in [9.17, 15) is 0 Å². The molecule has 2 nitrogen and oxygen atoms in total. The first-order valence-electron chi connectivity index (χ1n) is 6.71. The molecule has 17 heavy (non-hydrogen) atoms. The minimum Gasteiger partial charge on any atom is -0.315 e. The highest BCUT2D eigenvalue weighted by Crippen LogP contribution is 2.23. The summed E-state index contributed by atoms with van der Waals surface area (Å²) in [6.07, 6.45) is 2.67. The third-order valence-electron chi connectivity index (χ3n) is 3.71.